The maximum Gasteiger partial charge on any atom is 0.280 e. The third kappa shape index (κ3) is 2.59. The first kappa shape index (κ1) is 15.2. The molecule has 7 nitrogen and oxygen atoms in total. The summed E-state index contributed by atoms with van der Waals surface area (Å²) < 4.78 is 12.2. The molecule has 0 atom stereocenters. The van der Waals surface area contributed by atoms with Gasteiger partial charge in [-0.1, -0.05) is 12.1 Å². The summed E-state index contributed by atoms with van der Waals surface area (Å²) in [5, 5.41) is 7.39. The maximum absolute atomic E-state index is 12.6. The second kappa shape index (κ2) is 5.94. The Balaban J connectivity index is 1.73. The van der Waals surface area contributed by atoms with Crippen molar-refractivity contribution in [3.05, 3.63) is 58.4 Å². The van der Waals surface area contributed by atoms with Gasteiger partial charge < -0.3 is 14.8 Å². The third-order valence-corrected chi connectivity index (χ3v) is 4.01. The lowest BCUT2D eigenvalue weighted by Crippen LogP contribution is -2.27. The number of nitrogens with zero attached hydrogens (tertiary/aromatic N) is 2. The molecule has 7 heteroatoms. The number of anilines is 1. The van der Waals surface area contributed by atoms with Crippen molar-refractivity contribution >= 4 is 22.5 Å². The number of aryl methyl sites for hydroxylation is 1. The summed E-state index contributed by atoms with van der Waals surface area (Å²) >= 11 is 0. The normalized spacial score (nSPS) is 12.4. The van der Waals surface area contributed by atoms with E-state index in [2.05, 4.69) is 10.4 Å². The summed E-state index contributed by atoms with van der Waals surface area (Å²) in [7, 11) is 0. The fourth-order valence-corrected chi connectivity index (χ4v) is 2.79. The van der Waals surface area contributed by atoms with Gasteiger partial charge >= 0.3 is 0 Å². The van der Waals surface area contributed by atoms with Gasteiger partial charge in [0.15, 0.2) is 17.2 Å². The van der Waals surface area contributed by atoms with Gasteiger partial charge in [-0.25, -0.2) is 0 Å². The molecule has 0 aliphatic carbocycles. The van der Waals surface area contributed by atoms with Crippen LogP contribution in [-0.2, 0) is 6.54 Å². The number of carbonyl (C=O) groups excluding carboxylic acids is 1. The zero-order chi connectivity index (χ0) is 17.4. The second-order valence-electron chi connectivity index (χ2n) is 5.53. The summed E-state index contributed by atoms with van der Waals surface area (Å²) in [5.41, 5.74) is 0.679. The predicted molar refractivity (Wildman–Crippen MR) is 92.2 cm³/mol. The highest BCUT2D eigenvalue weighted by atomic mass is 16.7. The number of carbonyl (C=O) groups is 1. The SMILES string of the molecule is CCn1nc(C(=O)Nc2ccc3c(c2)OCO3)c(=O)c2ccccc21. The molecule has 1 amide bonds. The molecule has 1 aromatic heterocycles. The van der Waals surface area contributed by atoms with Gasteiger partial charge in [-0.15, -0.1) is 0 Å². The van der Waals surface area contributed by atoms with Gasteiger partial charge in [-0.3, -0.25) is 14.3 Å². The molecule has 0 saturated heterocycles. The summed E-state index contributed by atoms with van der Waals surface area (Å²) in [4.78, 5) is 25.2. The minimum absolute atomic E-state index is 0.141. The molecule has 3 aromatic rings. The van der Waals surface area contributed by atoms with Crippen molar-refractivity contribution in [3.8, 4) is 11.5 Å². The van der Waals surface area contributed by atoms with E-state index in [1.54, 1.807) is 35.0 Å². The van der Waals surface area contributed by atoms with Crippen LogP contribution in [-0.4, -0.2) is 22.5 Å². The lowest BCUT2D eigenvalue weighted by Gasteiger charge is -2.10. The van der Waals surface area contributed by atoms with Crippen LogP contribution in [0.15, 0.2) is 47.3 Å². The number of rotatable bonds is 3. The van der Waals surface area contributed by atoms with Gasteiger partial charge in [0.05, 0.1) is 5.52 Å². The van der Waals surface area contributed by atoms with E-state index in [4.69, 9.17) is 9.47 Å². The zero-order valence-electron chi connectivity index (χ0n) is 13.5. The number of hydrogen-bond donors (Lipinski definition) is 1. The fraction of sp³-hybridized carbons (Fsp3) is 0.167. The van der Waals surface area contributed by atoms with E-state index < -0.39 is 11.3 Å². The molecule has 1 aliphatic rings. The number of benzene rings is 2. The summed E-state index contributed by atoms with van der Waals surface area (Å²) in [6, 6.07) is 12.2. The van der Waals surface area contributed by atoms with Gasteiger partial charge in [-0.05, 0) is 31.2 Å². The van der Waals surface area contributed by atoms with Crippen LogP contribution in [0.5, 0.6) is 11.5 Å². The Bertz CT molecular complexity index is 1040. The van der Waals surface area contributed by atoms with E-state index in [1.807, 2.05) is 19.1 Å². The van der Waals surface area contributed by atoms with Gasteiger partial charge in [0.25, 0.3) is 5.91 Å². The number of para-hydroxylation sites is 1. The summed E-state index contributed by atoms with van der Waals surface area (Å²) in [6.07, 6.45) is 0. The molecule has 0 fully saturated rings. The first-order chi connectivity index (χ1) is 12.2. The Labute approximate surface area is 142 Å². The molecule has 126 valence electrons. The van der Waals surface area contributed by atoms with Gasteiger partial charge in [0.2, 0.25) is 12.2 Å². The molecule has 0 radical (unpaired) electrons. The third-order valence-electron chi connectivity index (χ3n) is 4.01. The van der Waals surface area contributed by atoms with E-state index in [0.29, 0.717) is 34.6 Å². The van der Waals surface area contributed by atoms with Crippen LogP contribution in [0.4, 0.5) is 5.69 Å². The Morgan fingerprint density at radius 3 is 2.84 bits per heavy atom. The molecule has 1 N–H and O–H groups in total. The quantitative estimate of drug-likeness (QED) is 0.793. The largest absolute Gasteiger partial charge is 0.454 e. The molecule has 0 unspecified atom stereocenters. The molecule has 4 rings (SSSR count). The number of aromatic nitrogens is 2. The lowest BCUT2D eigenvalue weighted by atomic mass is 10.2. The van der Waals surface area contributed by atoms with Crippen molar-refractivity contribution in [1.82, 2.24) is 9.78 Å². The van der Waals surface area contributed by atoms with E-state index >= 15 is 0 Å². The average molecular weight is 337 g/mol. The number of nitrogens with one attached hydrogen (secondary N) is 1. The highest BCUT2D eigenvalue weighted by Crippen LogP contribution is 2.34. The average Bonchev–Trinajstić information content (AvgIpc) is 3.10. The van der Waals surface area contributed by atoms with Crippen LogP contribution in [0.2, 0.25) is 0 Å². The van der Waals surface area contributed by atoms with E-state index in [1.165, 1.54) is 0 Å². The van der Waals surface area contributed by atoms with Gasteiger partial charge in [-0.2, -0.15) is 5.10 Å². The van der Waals surface area contributed by atoms with Crippen molar-refractivity contribution in [1.29, 1.82) is 0 Å². The van der Waals surface area contributed by atoms with E-state index in [0.717, 1.165) is 0 Å². The Hall–Kier alpha value is -3.35. The van der Waals surface area contributed by atoms with Crippen LogP contribution in [0.25, 0.3) is 10.9 Å². The van der Waals surface area contributed by atoms with E-state index in [-0.39, 0.29) is 12.5 Å². The van der Waals surface area contributed by atoms with Gasteiger partial charge in [0, 0.05) is 23.7 Å². The first-order valence-electron chi connectivity index (χ1n) is 7.88. The number of hydrogen-bond acceptors (Lipinski definition) is 5. The molecule has 0 bridgehead atoms. The van der Waals surface area contributed by atoms with Crippen LogP contribution < -0.4 is 20.2 Å². The standard InChI is InChI=1S/C18H15N3O4/c1-2-21-13-6-4-3-5-12(13)17(22)16(20-21)18(23)19-11-7-8-14-15(9-11)25-10-24-14/h3-9H,2,10H2,1H3,(H,19,23). The molecular formula is C18H15N3O4. The molecule has 2 heterocycles. The van der Waals surface area contributed by atoms with Crippen LogP contribution in [0.3, 0.4) is 0 Å². The molecular weight excluding hydrogens is 322 g/mol. The highest BCUT2D eigenvalue weighted by molar-refractivity contribution is 6.04. The van der Waals surface area contributed by atoms with Crippen molar-refractivity contribution in [2.75, 3.05) is 12.1 Å². The molecule has 0 saturated carbocycles. The Kier molecular flexibility index (Phi) is 3.61. The van der Waals surface area contributed by atoms with Crippen LogP contribution in [0, 0.1) is 0 Å². The minimum Gasteiger partial charge on any atom is -0.454 e. The smallest absolute Gasteiger partial charge is 0.280 e. The van der Waals surface area contributed by atoms with Crippen LogP contribution >= 0.6 is 0 Å². The fourth-order valence-electron chi connectivity index (χ4n) is 2.79. The number of fused-ring (bicyclic) bond motifs is 2. The summed E-state index contributed by atoms with van der Waals surface area (Å²) in [5.74, 6) is 0.613. The number of amides is 1. The first-order valence-corrected chi connectivity index (χ1v) is 7.88. The maximum atomic E-state index is 12.6. The molecule has 2 aromatic carbocycles. The van der Waals surface area contributed by atoms with Crippen molar-refractivity contribution in [2.45, 2.75) is 13.5 Å². The Morgan fingerprint density at radius 1 is 1.20 bits per heavy atom. The number of ether oxygens (including phenoxy) is 2. The van der Waals surface area contributed by atoms with E-state index in [9.17, 15) is 9.59 Å². The van der Waals surface area contributed by atoms with Crippen molar-refractivity contribution in [2.24, 2.45) is 0 Å². The van der Waals surface area contributed by atoms with Crippen LogP contribution in [0.1, 0.15) is 17.4 Å². The minimum atomic E-state index is -0.559. The monoisotopic (exact) mass is 337 g/mol. The zero-order valence-corrected chi connectivity index (χ0v) is 13.5. The summed E-state index contributed by atoms with van der Waals surface area (Å²) in [6.45, 7) is 2.61. The lowest BCUT2D eigenvalue weighted by molar-refractivity contribution is 0.101. The molecule has 1 aliphatic heterocycles. The molecule has 0 spiro atoms. The van der Waals surface area contributed by atoms with Crippen molar-refractivity contribution in [3.63, 3.8) is 0 Å². The highest BCUT2D eigenvalue weighted by Gasteiger charge is 2.19. The second-order valence-corrected chi connectivity index (χ2v) is 5.53. The van der Waals surface area contributed by atoms with Crippen molar-refractivity contribution < 1.29 is 14.3 Å². The van der Waals surface area contributed by atoms with Gasteiger partial charge in [0.1, 0.15) is 0 Å². The molecule has 25 heavy (non-hydrogen) atoms. The predicted octanol–water partition coefficient (Wildman–Crippen LogP) is 2.40. The topological polar surface area (TPSA) is 82.5 Å². The Morgan fingerprint density at radius 2 is 2.00 bits per heavy atom.